The van der Waals surface area contributed by atoms with Crippen molar-refractivity contribution >= 4 is 40.7 Å². The Morgan fingerprint density at radius 2 is 1.68 bits per heavy atom. The average molecular weight is 567 g/mol. The molecule has 1 unspecified atom stereocenters. The molecule has 2 aliphatic heterocycles. The van der Waals surface area contributed by atoms with Gasteiger partial charge in [0.15, 0.2) is 5.65 Å². The SMILES string of the molecule is CCc1nc2c(C)cc(C)nc2n1Cc1ccc(/C=C/CN2[C@@H]3CC[C@H]2CC(n2cnc4ccccc42)C3)cc1.Cl. The Bertz CT molecular complexity index is 1680. The maximum atomic E-state index is 4.90. The molecule has 5 aromatic rings. The highest BCUT2D eigenvalue weighted by molar-refractivity contribution is 5.85. The van der Waals surface area contributed by atoms with Gasteiger partial charge in [0.25, 0.3) is 0 Å². The van der Waals surface area contributed by atoms with E-state index in [1.165, 1.54) is 47.9 Å². The molecular formula is C34H39ClN6. The fourth-order valence-electron chi connectivity index (χ4n) is 7.15. The number of rotatable bonds is 7. The Labute approximate surface area is 248 Å². The summed E-state index contributed by atoms with van der Waals surface area (Å²) in [6, 6.07) is 21.5. The van der Waals surface area contributed by atoms with E-state index in [4.69, 9.17) is 9.97 Å². The van der Waals surface area contributed by atoms with E-state index in [-0.39, 0.29) is 12.4 Å². The molecule has 3 atom stereocenters. The molecule has 41 heavy (non-hydrogen) atoms. The fraction of sp³-hybridized carbons (Fsp3) is 0.382. The highest BCUT2D eigenvalue weighted by atomic mass is 35.5. The monoisotopic (exact) mass is 566 g/mol. The van der Waals surface area contributed by atoms with E-state index in [1.807, 2.05) is 0 Å². The molecule has 7 heteroatoms. The summed E-state index contributed by atoms with van der Waals surface area (Å²) < 4.78 is 4.72. The van der Waals surface area contributed by atoms with Gasteiger partial charge in [-0.2, -0.15) is 0 Å². The van der Waals surface area contributed by atoms with Crippen molar-refractivity contribution in [3.8, 4) is 0 Å². The van der Waals surface area contributed by atoms with Crippen LogP contribution in [0.25, 0.3) is 28.3 Å². The zero-order chi connectivity index (χ0) is 27.2. The first-order valence-electron chi connectivity index (χ1n) is 14.8. The second-order valence-corrected chi connectivity index (χ2v) is 11.7. The molecule has 0 N–H and O–H groups in total. The molecule has 2 aliphatic rings. The molecule has 7 rings (SSSR count). The Morgan fingerprint density at radius 1 is 0.927 bits per heavy atom. The molecule has 5 heterocycles. The number of imidazole rings is 2. The van der Waals surface area contributed by atoms with E-state index in [0.717, 1.165) is 47.7 Å². The minimum absolute atomic E-state index is 0. The second-order valence-electron chi connectivity index (χ2n) is 11.7. The summed E-state index contributed by atoms with van der Waals surface area (Å²) in [5.74, 6) is 1.10. The van der Waals surface area contributed by atoms with Crippen molar-refractivity contribution in [2.24, 2.45) is 0 Å². The number of aryl methyl sites for hydroxylation is 3. The van der Waals surface area contributed by atoms with Gasteiger partial charge in [-0.25, -0.2) is 15.0 Å². The van der Waals surface area contributed by atoms with Crippen molar-refractivity contribution in [2.45, 2.75) is 77.5 Å². The molecule has 2 aromatic carbocycles. The molecule has 0 amide bonds. The van der Waals surface area contributed by atoms with Gasteiger partial charge in [0.1, 0.15) is 11.3 Å². The van der Waals surface area contributed by atoms with Crippen LogP contribution < -0.4 is 0 Å². The smallest absolute Gasteiger partial charge is 0.160 e. The molecule has 2 fully saturated rings. The van der Waals surface area contributed by atoms with Crippen molar-refractivity contribution in [1.82, 2.24) is 29.0 Å². The molecule has 0 radical (unpaired) electrons. The quantitative estimate of drug-likeness (QED) is 0.207. The summed E-state index contributed by atoms with van der Waals surface area (Å²) in [6.07, 6.45) is 12.7. The topological polar surface area (TPSA) is 51.8 Å². The summed E-state index contributed by atoms with van der Waals surface area (Å²) >= 11 is 0. The first-order valence-corrected chi connectivity index (χ1v) is 14.8. The van der Waals surface area contributed by atoms with Crippen molar-refractivity contribution in [2.75, 3.05) is 6.54 Å². The summed E-state index contributed by atoms with van der Waals surface area (Å²) in [6.45, 7) is 8.18. The Morgan fingerprint density at radius 3 is 2.44 bits per heavy atom. The third-order valence-corrected chi connectivity index (χ3v) is 9.10. The van der Waals surface area contributed by atoms with Crippen molar-refractivity contribution in [3.05, 3.63) is 95.2 Å². The highest BCUT2D eigenvalue weighted by Gasteiger charge is 2.40. The van der Waals surface area contributed by atoms with Gasteiger partial charge in [0.05, 0.1) is 23.9 Å². The number of pyridine rings is 1. The Kier molecular flexibility index (Phi) is 7.71. The molecule has 0 saturated carbocycles. The Hall–Kier alpha value is -3.48. The summed E-state index contributed by atoms with van der Waals surface area (Å²) in [4.78, 5) is 17.1. The largest absolute Gasteiger partial charge is 0.327 e. The summed E-state index contributed by atoms with van der Waals surface area (Å²) in [7, 11) is 0. The molecule has 0 aliphatic carbocycles. The van der Waals surface area contributed by atoms with Gasteiger partial charge in [-0.15, -0.1) is 12.4 Å². The number of aromatic nitrogens is 5. The number of piperidine rings is 1. The highest BCUT2D eigenvalue weighted by Crippen LogP contribution is 2.41. The average Bonchev–Trinajstić information content (AvgIpc) is 3.61. The molecule has 6 nitrogen and oxygen atoms in total. The van der Waals surface area contributed by atoms with E-state index in [1.54, 1.807) is 0 Å². The van der Waals surface area contributed by atoms with Gasteiger partial charge in [0.2, 0.25) is 0 Å². The van der Waals surface area contributed by atoms with E-state index >= 15 is 0 Å². The lowest BCUT2D eigenvalue weighted by molar-refractivity contribution is 0.122. The lowest BCUT2D eigenvalue weighted by atomic mass is 9.96. The number of fused-ring (bicyclic) bond motifs is 4. The second kappa shape index (κ2) is 11.4. The number of hydrogen-bond donors (Lipinski definition) is 0. The number of hydrogen-bond acceptors (Lipinski definition) is 4. The fourth-order valence-corrected chi connectivity index (χ4v) is 7.15. The van der Waals surface area contributed by atoms with Crippen LogP contribution in [0.1, 0.15) is 66.9 Å². The predicted octanol–water partition coefficient (Wildman–Crippen LogP) is 7.31. The zero-order valence-corrected chi connectivity index (χ0v) is 25.0. The molecule has 2 bridgehead atoms. The number of para-hydroxylation sites is 2. The van der Waals surface area contributed by atoms with E-state index in [2.05, 4.69) is 113 Å². The van der Waals surface area contributed by atoms with E-state index in [0.29, 0.717) is 18.1 Å². The van der Waals surface area contributed by atoms with Crippen LogP contribution in [0.5, 0.6) is 0 Å². The maximum Gasteiger partial charge on any atom is 0.160 e. The minimum Gasteiger partial charge on any atom is -0.327 e. The van der Waals surface area contributed by atoms with Crippen molar-refractivity contribution in [1.29, 1.82) is 0 Å². The first kappa shape index (κ1) is 27.7. The van der Waals surface area contributed by atoms with Gasteiger partial charge < -0.3 is 9.13 Å². The molecule has 0 spiro atoms. The summed E-state index contributed by atoms with van der Waals surface area (Å²) in [5, 5.41) is 0. The van der Waals surface area contributed by atoms with Crippen LogP contribution in [0, 0.1) is 13.8 Å². The lowest BCUT2D eigenvalue weighted by Gasteiger charge is -2.39. The van der Waals surface area contributed by atoms with Gasteiger partial charge in [-0.05, 0) is 74.4 Å². The molecule has 3 aromatic heterocycles. The number of benzene rings is 2. The molecule has 2 saturated heterocycles. The van der Waals surface area contributed by atoms with Gasteiger partial charge >= 0.3 is 0 Å². The van der Waals surface area contributed by atoms with Crippen LogP contribution in [0.3, 0.4) is 0 Å². The summed E-state index contributed by atoms with van der Waals surface area (Å²) in [5.41, 5.74) is 9.18. The van der Waals surface area contributed by atoms with Gasteiger partial charge in [-0.3, -0.25) is 4.90 Å². The molecule has 212 valence electrons. The first-order chi connectivity index (χ1) is 19.6. The predicted molar refractivity (Wildman–Crippen MR) is 170 cm³/mol. The van der Waals surface area contributed by atoms with E-state index in [9.17, 15) is 0 Å². The van der Waals surface area contributed by atoms with Crippen LogP contribution in [0.15, 0.2) is 67.0 Å². The minimum atomic E-state index is 0. The standard InChI is InChI=1S/C34H38N6.ClH/c1-4-32-37-33-23(2)18-24(3)36-34(33)39(32)21-26-13-11-25(12-14-26)8-7-17-38-27-15-16-28(38)20-29(19-27)40-22-35-30-9-5-6-10-31(30)40;/h5-14,18,22,27-29H,4,15-17,19-21H2,1-3H3;1H/b8-7+;/t27-,28+,29?;. The number of nitrogens with zero attached hydrogens (tertiary/aromatic N) is 6. The van der Waals surface area contributed by atoms with E-state index < -0.39 is 0 Å². The van der Waals surface area contributed by atoms with Crippen LogP contribution in [-0.2, 0) is 13.0 Å². The third-order valence-electron chi connectivity index (χ3n) is 9.10. The van der Waals surface area contributed by atoms with Crippen molar-refractivity contribution in [3.63, 3.8) is 0 Å². The number of halogens is 1. The van der Waals surface area contributed by atoms with Crippen LogP contribution in [0.4, 0.5) is 0 Å². The van der Waals surface area contributed by atoms with Crippen LogP contribution in [-0.4, -0.2) is 47.6 Å². The lowest BCUT2D eigenvalue weighted by Crippen LogP contribution is -2.43. The van der Waals surface area contributed by atoms with Crippen LogP contribution >= 0.6 is 12.4 Å². The van der Waals surface area contributed by atoms with Gasteiger partial charge in [-0.1, -0.05) is 55.5 Å². The third kappa shape index (κ3) is 5.20. The van der Waals surface area contributed by atoms with Gasteiger partial charge in [0, 0.05) is 36.8 Å². The maximum absolute atomic E-state index is 4.90. The molecular weight excluding hydrogens is 528 g/mol. The Balaban J connectivity index is 0.00000302. The van der Waals surface area contributed by atoms with Crippen molar-refractivity contribution < 1.29 is 0 Å². The van der Waals surface area contributed by atoms with Crippen LogP contribution in [0.2, 0.25) is 0 Å². The normalized spacial score (nSPS) is 20.8. The zero-order valence-electron chi connectivity index (χ0n) is 24.2.